The van der Waals surface area contributed by atoms with Crippen LogP contribution in [0.15, 0.2) is 0 Å². The largest absolute Gasteiger partial charge is 0.446 e. The highest BCUT2D eigenvalue weighted by Gasteiger charge is 2.41. The molecule has 4 atom stereocenters. The zero-order valence-corrected chi connectivity index (χ0v) is 17.6. The van der Waals surface area contributed by atoms with Gasteiger partial charge in [-0.25, -0.2) is 9.59 Å². The zero-order chi connectivity index (χ0) is 20.4. The van der Waals surface area contributed by atoms with E-state index in [0.29, 0.717) is 19.3 Å². The first-order valence-electron chi connectivity index (χ1n) is 10.0. The second-order valence-corrected chi connectivity index (χ2v) is 9.82. The Morgan fingerprint density at radius 3 is 2.19 bits per heavy atom. The summed E-state index contributed by atoms with van der Waals surface area (Å²) in [5.41, 5.74) is -0.940. The smallest absolute Gasteiger partial charge is 0.410 e. The van der Waals surface area contributed by atoms with Gasteiger partial charge in [-0.3, -0.25) is 0 Å². The minimum absolute atomic E-state index is 0.0162. The molecule has 2 aliphatic rings. The van der Waals surface area contributed by atoms with Crippen LogP contribution in [-0.4, -0.2) is 57.6 Å². The molecule has 7 nitrogen and oxygen atoms in total. The number of nitrogens with zero attached hydrogens (tertiary/aromatic N) is 1. The molecule has 0 heterocycles. The number of carbonyl (C=O) groups excluding carboxylic acids is 2. The van der Waals surface area contributed by atoms with Gasteiger partial charge >= 0.3 is 12.2 Å². The number of ether oxygens (including phenoxy) is 2. The molecule has 2 fully saturated rings. The first-order chi connectivity index (χ1) is 12.3. The van der Waals surface area contributed by atoms with E-state index in [0.717, 1.165) is 19.3 Å². The number of rotatable bonds is 3. The lowest BCUT2D eigenvalue weighted by atomic mass is 10.0. The quantitative estimate of drug-likeness (QED) is 0.776. The Balaban J connectivity index is 1.91. The lowest BCUT2D eigenvalue weighted by Crippen LogP contribution is -2.52. The number of nitrogens with one attached hydrogen (secondary N) is 1. The van der Waals surface area contributed by atoms with Gasteiger partial charge in [0.05, 0.1) is 6.10 Å². The fourth-order valence-corrected chi connectivity index (χ4v) is 3.98. The van der Waals surface area contributed by atoms with Gasteiger partial charge in [0, 0.05) is 24.0 Å². The van der Waals surface area contributed by atoms with Crippen LogP contribution in [0.4, 0.5) is 9.59 Å². The summed E-state index contributed by atoms with van der Waals surface area (Å²) >= 11 is 0. The van der Waals surface area contributed by atoms with E-state index in [1.54, 1.807) is 4.90 Å². The van der Waals surface area contributed by atoms with Gasteiger partial charge in [0.2, 0.25) is 0 Å². The number of hydrogen-bond acceptors (Lipinski definition) is 5. The highest BCUT2D eigenvalue weighted by molar-refractivity contribution is 5.70. The standard InChI is InChI=1S/C20H36N2O5/c1-19(2,3)22(18(25)27-20(4,5)6)14-8-10-16(12-14)26-17(24)21-13-7-9-15(23)11-13/h13-16,23H,7-12H2,1-6H3,(H,21,24)/t13-,14+,15+,16-/m0/s1. The van der Waals surface area contributed by atoms with Crippen molar-refractivity contribution in [3.63, 3.8) is 0 Å². The molecule has 27 heavy (non-hydrogen) atoms. The third-order valence-corrected chi connectivity index (χ3v) is 5.04. The summed E-state index contributed by atoms with van der Waals surface area (Å²) in [4.78, 5) is 26.7. The zero-order valence-electron chi connectivity index (χ0n) is 17.6. The second kappa shape index (κ2) is 8.25. The van der Waals surface area contributed by atoms with Crippen LogP contribution in [0.1, 0.15) is 80.1 Å². The predicted octanol–water partition coefficient (Wildman–Crippen LogP) is 3.58. The van der Waals surface area contributed by atoms with Gasteiger partial charge in [0.15, 0.2) is 0 Å². The van der Waals surface area contributed by atoms with Crippen LogP contribution in [0.2, 0.25) is 0 Å². The summed E-state index contributed by atoms with van der Waals surface area (Å²) < 4.78 is 11.2. The number of carbonyl (C=O) groups is 2. The van der Waals surface area contributed by atoms with Crippen molar-refractivity contribution in [1.29, 1.82) is 0 Å². The number of alkyl carbamates (subject to hydrolysis) is 1. The van der Waals surface area contributed by atoms with Gasteiger partial charge < -0.3 is 24.8 Å². The maximum atomic E-state index is 12.7. The van der Waals surface area contributed by atoms with E-state index in [1.165, 1.54) is 0 Å². The molecule has 2 N–H and O–H groups in total. The van der Waals surface area contributed by atoms with Gasteiger partial charge in [-0.1, -0.05) is 0 Å². The molecule has 0 radical (unpaired) electrons. The Morgan fingerprint density at radius 2 is 1.67 bits per heavy atom. The first kappa shape index (κ1) is 21.8. The average Bonchev–Trinajstić information content (AvgIpc) is 3.05. The van der Waals surface area contributed by atoms with Crippen molar-refractivity contribution in [3.8, 4) is 0 Å². The van der Waals surface area contributed by atoms with Crippen molar-refractivity contribution >= 4 is 12.2 Å². The SMILES string of the molecule is CC(C)(C)OC(=O)N([C@@H]1CC[C@H](OC(=O)N[C@H]2CC[C@@H](O)C2)C1)C(C)(C)C. The van der Waals surface area contributed by atoms with E-state index in [2.05, 4.69) is 5.32 Å². The van der Waals surface area contributed by atoms with Crippen molar-refractivity contribution in [2.45, 2.75) is 115 Å². The lowest BCUT2D eigenvalue weighted by molar-refractivity contribution is -0.00839. The molecule has 0 spiro atoms. The lowest BCUT2D eigenvalue weighted by Gasteiger charge is -2.40. The fraction of sp³-hybridized carbons (Fsp3) is 0.900. The van der Waals surface area contributed by atoms with Crippen LogP contribution in [-0.2, 0) is 9.47 Å². The van der Waals surface area contributed by atoms with Gasteiger partial charge in [0.1, 0.15) is 11.7 Å². The third kappa shape index (κ3) is 6.55. The first-order valence-corrected chi connectivity index (χ1v) is 10.0. The molecule has 0 aromatic carbocycles. The number of amides is 2. The predicted molar refractivity (Wildman–Crippen MR) is 103 cm³/mol. The number of aliphatic hydroxyl groups excluding tert-OH is 1. The molecule has 0 aromatic heterocycles. The van der Waals surface area contributed by atoms with E-state index in [4.69, 9.17) is 9.47 Å². The molecule has 2 amide bonds. The Bertz CT molecular complexity index is 537. The van der Waals surface area contributed by atoms with Gasteiger partial charge in [0.25, 0.3) is 0 Å². The van der Waals surface area contributed by atoms with Crippen LogP contribution in [0.25, 0.3) is 0 Å². The summed E-state index contributed by atoms with van der Waals surface area (Å²) in [6.07, 6.45) is 2.87. The van der Waals surface area contributed by atoms with Crippen LogP contribution in [0, 0.1) is 0 Å². The Labute approximate surface area is 162 Å². The minimum atomic E-state index is -0.555. The molecule has 7 heteroatoms. The van der Waals surface area contributed by atoms with Crippen molar-refractivity contribution < 1.29 is 24.2 Å². The molecule has 0 aliphatic heterocycles. The van der Waals surface area contributed by atoms with Crippen LogP contribution >= 0.6 is 0 Å². The van der Waals surface area contributed by atoms with E-state index in [1.807, 2.05) is 41.5 Å². The van der Waals surface area contributed by atoms with E-state index in [-0.39, 0.29) is 35.9 Å². The molecule has 2 rings (SSSR count). The van der Waals surface area contributed by atoms with Crippen molar-refractivity contribution in [2.75, 3.05) is 0 Å². The topological polar surface area (TPSA) is 88.1 Å². The fourth-order valence-electron chi connectivity index (χ4n) is 3.98. The number of hydrogen-bond donors (Lipinski definition) is 2. The second-order valence-electron chi connectivity index (χ2n) is 9.82. The van der Waals surface area contributed by atoms with Crippen molar-refractivity contribution in [3.05, 3.63) is 0 Å². The Hall–Kier alpha value is -1.50. The average molecular weight is 385 g/mol. The molecule has 2 aliphatic carbocycles. The normalized spacial score (nSPS) is 28.7. The maximum Gasteiger partial charge on any atom is 0.410 e. The summed E-state index contributed by atoms with van der Waals surface area (Å²) in [7, 11) is 0. The van der Waals surface area contributed by atoms with Gasteiger partial charge in [-0.05, 0) is 73.6 Å². The summed E-state index contributed by atoms with van der Waals surface area (Å²) in [6.45, 7) is 11.5. The highest BCUT2D eigenvalue weighted by Crippen LogP contribution is 2.32. The van der Waals surface area contributed by atoms with Gasteiger partial charge in [-0.2, -0.15) is 0 Å². The monoisotopic (exact) mass is 384 g/mol. The molecule has 0 bridgehead atoms. The van der Waals surface area contributed by atoms with E-state index in [9.17, 15) is 14.7 Å². The van der Waals surface area contributed by atoms with Crippen LogP contribution in [0.3, 0.4) is 0 Å². The maximum absolute atomic E-state index is 12.7. The third-order valence-electron chi connectivity index (χ3n) is 5.04. The molecule has 0 saturated heterocycles. The van der Waals surface area contributed by atoms with Crippen molar-refractivity contribution in [2.24, 2.45) is 0 Å². The highest BCUT2D eigenvalue weighted by atomic mass is 16.6. The van der Waals surface area contributed by atoms with Gasteiger partial charge in [-0.15, -0.1) is 0 Å². The Kier molecular flexibility index (Phi) is 6.66. The summed E-state index contributed by atoms with van der Waals surface area (Å²) in [6, 6.07) is -0.0384. The van der Waals surface area contributed by atoms with E-state index < -0.39 is 11.7 Å². The number of aliphatic hydroxyl groups is 1. The van der Waals surface area contributed by atoms with E-state index >= 15 is 0 Å². The van der Waals surface area contributed by atoms with Crippen LogP contribution < -0.4 is 5.32 Å². The summed E-state index contributed by atoms with van der Waals surface area (Å²) in [5, 5.41) is 12.4. The summed E-state index contributed by atoms with van der Waals surface area (Å²) in [5.74, 6) is 0. The molecule has 2 saturated carbocycles. The Morgan fingerprint density at radius 1 is 1.00 bits per heavy atom. The molecule has 156 valence electrons. The van der Waals surface area contributed by atoms with Crippen molar-refractivity contribution in [1.82, 2.24) is 10.2 Å². The molecule has 0 unspecified atom stereocenters. The molecular formula is C20H36N2O5. The van der Waals surface area contributed by atoms with Crippen LogP contribution in [0.5, 0.6) is 0 Å². The minimum Gasteiger partial charge on any atom is -0.446 e. The molecular weight excluding hydrogens is 348 g/mol. The molecule has 0 aromatic rings.